The van der Waals surface area contributed by atoms with Crippen LogP contribution in [0.4, 0.5) is 0 Å². The van der Waals surface area contributed by atoms with Crippen LogP contribution in [0.3, 0.4) is 0 Å². The van der Waals surface area contributed by atoms with Crippen molar-refractivity contribution in [3.63, 3.8) is 0 Å². The molecular weight excluding hydrogens is 415 g/mol. The molecule has 0 spiro atoms. The van der Waals surface area contributed by atoms with Crippen molar-refractivity contribution >= 4 is 41.3 Å². The van der Waals surface area contributed by atoms with Crippen LogP contribution < -0.4 is 10.6 Å². The number of hydrogen-bond donors (Lipinski definition) is 2. The summed E-state index contributed by atoms with van der Waals surface area (Å²) in [5.41, 5.74) is 1.08. The van der Waals surface area contributed by atoms with Crippen molar-refractivity contribution in [2.24, 2.45) is 4.99 Å². The van der Waals surface area contributed by atoms with Crippen molar-refractivity contribution in [3.8, 4) is 0 Å². The van der Waals surface area contributed by atoms with Gasteiger partial charge in [0.05, 0.1) is 12.2 Å². The first-order valence-electron chi connectivity index (χ1n) is 6.82. The Balaban J connectivity index is 0.00000242. The van der Waals surface area contributed by atoms with E-state index in [0.717, 1.165) is 17.2 Å². The highest BCUT2D eigenvalue weighted by Gasteiger charge is 2.06. The van der Waals surface area contributed by atoms with E-state index in [9.17, 15) is 0 Å². The van der Waals surface area contributed by atoms with Gasteiger partial charge in [-0.05, 0) is 20.8 Å². The number of aliphatic imine (C=N–C) groups is 1. The summed E-state index contributed by atoms with van der Waals surface area (Å²) in [5, 5.41) is 11.3. The predicted molar refractivity (Wildman–Crippen MR) is 97.7 cm³/mol. The van der Waals surface area contributed by atoms with Gasteiger partial charge >= 0.3 is 0 Å². The molecule has 22 heavy (non-hydrogen) atoms. The molecule has 0 bridgehead atoms. The Labute approximate surface area is 151 Å². The second kappa shape index (κ2) is 9.03. The minimum Gasteiger partial charge on any atom is -0.357 e. The van der Waals surface area contributed by atoms with Crippen molar-refractivity contribution in [2.75, 3.05) is 6.54 Å². The van der Waals surface area contributed by atoms with E-state index in [1.807, 2.05) is 13.8 Å². The first kappa shape index (κ1) is 18.8. The summed E-state index contributed by atoms with van der Waals surface area (Å²) < 4.78 is 4.92. The van der Waals surface area contributed by atoms with Crippen LogP contribution in [-0.2, 0) is 13.1 Å². The predicted octanol–water partition coefficient (Wildman–Crippen LogP) is 2.32. The van der Waals surface area contributed by atoms with Crippen molar-refractivity contribution in [1.82, 2.24) is 25.8 Å². The minimum atomic E-state index is 0. The van der Waals surface area contributed by atoms with Crippen molar-refractivity contribution < 1.29 is 4.52 Å². The molecule has 0 aromatic carbocycles. The third-order valence-electron chi connectivity index (χ3n) is 2.77. The summed E-state index contributed by atoms with van der Waals surface area (Å²) in [5.74, 6) is 1.84. The number of guanidine groups is 1. The molecule has 122 valence electrons. The molecule has 7 nitrogen and oxygen atoms in total. The maximum atomic E-state index is 4.92. The average molecular weight is 436 g/mol. The molecule has 0 aliphatic carbocycles. The van der Waals surface area contributed by atoms with E-state index >= 15 is 0 Å². The zero-order chi connectivity index (χ0) is 15.2. The van der Waals surface area contributed by atoms with Crippen molar-refractivity contribution in [1.29, 1.82) is 0 Å². The lowest BCUT2D eigenvalue weighted by Gasteiger charge is -2.09. The maximum absolute atomic E-state index is 4.92. The van der Waals surface area contributed by atoms with Gasteiger partial charge in [0.2, 0.25) is 5.89 Å². The Bertz CT molecular complexity index is 604. The van der Waals surface area contributed by atoms with Gasteiger partial charge in [-0.2, -0.15) is 4.98 Å². The number of aromatic nitrogens is 3. The number of nitrogens with one attached hydrogen (secondary N) is 2. The van der Waals surface area contributed by atoms with Gasteiger partial charge in [0.25, 0.3) is 0 Å². The van der Waals surface area contributed by atoms with Gasteiger partial charge in [-0.3, -0.25) is 0 Å². The highest BCUT2D eigenvalue weighted by Crippen LogP contribution is 2.15. The van der Waals surface area contributed by atoms with Crippen molar-refractivity contribution in [2.45, 2.75) is 40.8 Å². The smallest absolute Gasteiger partial charge is 0.223 e. The van der Waals surface area contributed by atoms with Crippen LogP contribution >= 0.6 is 35.3 Å². The lowest BCUT2D eigenvalue weighted by Crippen LogP contribution is -2.36. The van der Waals surface area contributed by atoms with Crippen LogP contribution in [0.25, 0.3) is 0 Å². The second-order valence-corrected chi connectivity index (χ2v) is 5.82. The molecule has 2 aromatic heterocycles. The summed E-state index contributed by atoms with van der Waals surface area (Å²) in [7, 11) is 0. The van der Waals surface area contributed by atoms with Gasteiger partial charge < -0.3 is 15.2 Å². The molecule has 2 rings (SSSR count). The summed E-state index contributed by atoms with van der Waals surface area (Å²) in [6.45, 7) is 9.69. The number of nitrogens with zero attached hydrogens (tertiary/aromatic N) is 4. The van der Waals surface area contributed by atoms with Crippen LogP contribution in [-0.4, -0.2) is 27.6 Å². The van der Waals surface area contributed by atoms with Crippen LogP contribution in [0.15, 0.2) is 9.52 Å². The molecule has 0 saturated carbocycles. The quantitative estimate of drug-likeness (QED) is 0.425. The number of rotatable bonds is 5. The minimum absolute atomic E-state index is 0. The molecule has 2 aromatic rings. The molecule has 9 heteroatoms. The number of hydrogen-bond acceptors (Lipinski definition) is 6. The van der Waals surface area contributed by atoms with E-state index in [2.05, 4.69) is 37.7 Å². The van der Waals surface area contributed by atoms with E-state index in [-0.39, 0.29) is 24.0 Å². The van der Waals surface area contributed by atoms with Crippen LogP contribution in [0, 0.1) is 20.8 Å². The first-order chi connectivity index (χ1) is 10.1. The molecule has 0 amide bonds. The highest BCUT2D eigenvalue weighted by atomic mass is 127. The normalized spacial score (nSPS) is 11.2. The number of aryl methyl sites for hydroxylation is 3. The largest absolute Gasteiger partial charge is 0.357 e. The Morgan fingerprint density at radius 3 is 2.55 bits per heavy atom. The van der Waals surface area contributed by atoms with E-state index in [0.29, 0.717) is 30.8 Å². The summed E-state index contributed by atoms with van der Waals surface area (Å²) in [6, 6.07) is 0. The highest BCUT2D eigenvalue weighted by molar-refractivity contribution is 14.0. The standard InChI is InChI=1S/C13H20N6OS.HI/c1-5-14-13(15-6-11-18-10(4)20-19-11)16-7-12-17-8(2)9(3)21-12;/h5-7H2,1-4H3,(H2,14,15,16);1H. The number of halogens is 1. The molecule has 2 heterocycles. The molecular formula is C13H21IN6OS. The fourth-order valence-electron chi connectivity index (χ4n) is 1.67. The fourth-order valence-corrected chi connectivity index (χ4v) is 2.54. The maximum Gasteiger partial charge on any atom is 0.223 e. The number of thiazole rings is 1. The molecule has 2 N–H and O–H groups in total. The Morgan fingerprint density at radius 1 is 1.23 bits per heavy atom. The fraction of sp³-hybridized carbons (Fsp3) is 0.538. The summed E-state index contributed by atoms with van der Waals surface area (Å²) in [4.78, 5) is 14.3. The molecule has 0 aliphatic heterocycles. The monoisotopic (exact) mass is 436 g/mol. The Hall–Kier alpha value is -1.23. The van der Waals surface area contributed by atoms with Crippen molar-refractivity contribution in [3.05, 3.63) is 27.3 Å². The molecule has 0 aliphatic rings. The second-order valence-electron chi connectivity index (χ2n) is 4.53. The summed E-state index contributed by atoms with van der Waals surface area (Å²) in [6.07, 6.45) is 0. The lowest BCUT2D eigenvalue weighted by molar-refractivity contribution is 0.387. The Morgan fingerprint density at radius 2 is 2.00 bits per heavy atom. The third kappa shape index (κ3) is 5.52. The van der Waals surface area contributed by atoms with Crippen LogP contribution in [0.1, 0.15) is 34.2 Å². The van der Waals surface area contributed by atoms with E-state index < -0.39 is 0 Å². The molecule has 0 fully saturated rings. The van der Waals surface area contributed by atoms with Crippen LogP contribution in [0.5, 0.6) is 0 Å². The Kier molecular flexibility index (Phi) is 7.73. The van der Waals surface area contributed by atoms with E-state index in [1.54, 1.807) is 18.3 Å². The van der Waals surface area contributed by atoms with Gasteiger partial charge in [-0.15, -0.1) is 35.3 Å². The van der Waals surface area contributed by atoms with E-state index in [4.69, 9.17) is 4.52 Å². The first-order valence-corrected chi connectivity index (χ1v) is 7.64. The lowest BCUT2D eigenvalue weighted by atomic mass is 10.4. The SMILES string of the molecule is CCNC(=NCc1noc(C)n1)NCc1nc(C)c(C)s1.I. The topological polar surface area (TPSA) is 88.2 Å². The van der Waals surface area contributed by atoms with Crippen LogP contribution in [0.2, 0.25) is 0 Å². The molecule has 0 atom stereocenters. The van der Waals surface area contributed by atoms with Gasteiger partial charge in [0, 0.05) is 18.3 Å². The average Bonchev–Trinajstić information content (AvgIpc) is 3.00. The third-order valence-corrected chi connectivity index (χ3v) is 3.85. The molecule has 0 unspecified atom stereocenters. The van der Waals surface area contributed by atoms with Gasteiger partial charge in [-0.25, -0.2) is 9.98 Å². The molecule has 0 radical (unpaired) electrons. The van der Waals surface area contributed by atoms with Gasteiger partial charge in [0.15, 0.2) is 11.8 Å². The zero-order valence-corrected chi connectivity index (χ0v) is 16.3. The summed E-state index contributed by atoms with van der Waals surface area (Å²) >= 11 is 1.70. The van der Waals surface area contributed by atoms with Gasteiger partial charge in [-0.1, -0.05) is 5.16 Å². The van der Waals surface area contributed by atoms with Gasteiger partial charge in [0.1, 0.15) is 11.6 Å². The van der Waals surface area contributed by atoms with E-state index in [1.165, 1.54) is 4.88 Å². The zero-order valence-electron chi connectivity index (χ0n) is 13.1. The molecule has 0 saturated heterocycles.